The highest BCUT2D eigenvalue weighted by atomic mass is 19.4. The lowest BCUT2D eigenvalue weighted by atomic mass is 10.1. The normalized spacial score (nSPS) is 13.1. The van der Waals surface area contributed by atoms with Crippen molar-refractivity contribution in [1.29, 1.82) is 0 Å². The molecule has 3 aromatic heterocycles. The van der Waals surface area contributed by atoms with Crippen LogP contribution in [0.2, 0.25) is 0 Å². The van der Waals surface area contributed by atoms with E-state index in [9.17, 15) is 13.2 Å². The second kappa shape index (κ2) is 8.56. The maximum Gasteiger partial charge on any atom is 0.416 e. The number of nitrogens with zero attached hydrogens (tertiary/aromatic N) is 4. The second-order valence-electron chi connectivity index (χ2n) is 6.93. The molecule has 0 radical (unpaired) electrons. The van der Waals surface area contributed by atoms with E-state index in [1.54, 1.807) is 27.0 Å². The first-order valence-electron chi connectivity index (χ1n) is 9.24. The maximum absolute atomic E-state index is 13.2. The third-order valence-corrected chi connectivity index (χ3v) is 4.28. The largest absolute Gasteiger partial charge is 0.416 e. The summed E-state index contributed by atoms with van der Waals surface area (Å²) < 4.78 is 46.4. The number of alkyl halides is 3. The van der Waals surface area contributed by atoms with E-state index in [0.29, 0.717) is 40.6 Å². The van der Waals surface area contributed by atoms with Crippen LogP contribution in [0.25, 0.3) is 11.0 Å². The molecular formula is C21H22F3N5O. The summed E-state index contributed by atoms with van der Waals surface area (Å²) in [5, 5.41) is 7.17. The standard InChI is InChI=1S/C21H22F3N5O/c1-5-6-16(21(22,23)24)9-13(2)12-29-8-7-18-19(29)20(27-15(4)26-18)25-11-17-10-14(3)30-28-17/h5-10H,1,11-12H2,2-4H3,(H,25,26,27)/b13-9+,16-6+. The van der Waals surface area contributed by atoms with Gasteiger partial charge in [-0.25, -0.2) is 9.97 Å². The van der Waals surface area contributed by atoms with Crippen LogP contribution < -0.4 is 5.32 Å². The maximum atomic E-state index is 13.2. The van der Waals surface area contributed by atoms with Gasteiger partial charge in [-0.05, 0) is 32.9 Å². The van der Waals surface area contributed by atoms with Gasteiger partial charge in [-0.2, -0.15) is 13.2 Å². The molecule has 6 nitrogen and oxygen atoms in total. The van der Waals surface area contributed by atoms with Crippen LogP contribution in [0, 0.1) is 13.8 Å². The van der Waals surface area contributed by atoms with Crippen molar-refractivity contribution in [3.05, 3.63) is 71.6 Å². The fourth-order valence-electron chi connectivity index (χ4n) is 3.08. The molecular weight excluding hydrogens is 395 g/mol. The van der Waals surface area contributed by atoms with Crippen LogP contribution in [0.3, 0.4) is 0 Å². The van der Waals surface area contributed by atoms with Crippen LogP contribution in [-0.4, -0.2) is 25.9 Å². The number of fused-ring (bicyclic) bond motifs is 1. The Hall–Kier alpha value is -3.36. The zero-order valence-corrected chi connectivity index (χ0v) is 16.9. The van der Waals surface area contributed by atoms with Crippen molar-refractivity contribution in [2.75, 3.05) is 5.32 Å². The first-order chi connectivity index (χ1) is 14.2. The summed E-state index contributed by atoms with van der Waals surface area (Å²) >= 11 is 0. The van der Waals surface area contributed by atoms with Gasteiger partial charge in [0.1, 0.15) is 22.8 Å². The second-order valence-corrected chi connectivity index (χ2v) is 6.93. The van der Waals surface area contributed by atoms with Crippen molar-refractivity contribution >= 4 is 16.9 Å². The van der Waals surface area contributed by atoms with Crippen molar-refractivity contribution in [2.45, 2.75) is 40.0 Å². The number of halogens is 3. The Morgan fingerprint density at radius 2 is 2.07 bits per heavy atom. The van der Waals surface area contributed by atoms with Crippen molar-refractivity contribution in [1.82, 2.24) is 19.7 Å². The molecule has 0 aromatic carbocycles. The number of rotatable bonds is 7. The van der Waals surface area contributed by atoms with Gasteiger partial charge in [-0.1, -0.05) is 29.5 Å². The number of allylic oxidation sites excluding steroid dienone is 5. The van der Waals surface area contributed by atoms with Crippen LogP contribution in [0.15, 0.2) is 58.8 Å². The van der Waals surface area contributed by atoms with Gasteiger partial charge in [0.05, 0.1) is 17.6 Å². The lowest BCUT2D eigenvalue weighted by molar-refractivity contribution is -0.0882. The van der Waals surface area contributed by atoms with Crippen LogP contribution >= 0.6 is 0 Å². The molecule has 0 atom stereocenters. The predicted octanol–water partition coefficient (Wildman–Crippen LogP) is 5.27. The highest BCUT2D eigenvalue weighted by molar-refractivity contribution is 5.86. The number of hydrogen-bond acceptors (Lipinski definition) is 5. The van der Waals surface area contributed by atoms with E-state index in [-0.39, 0.29) is 6.54 Å². The number of aryl methyl sites for hydroxylation is 2. The molecule has 158 valence electrons. The van der Waals surface area contributed by atoms with Gasteiger partial charge in [0.15, 0.2) is 5.82 Å². The zero-order chi connectivity index (χ0) is 21.9. The van der Waals surface area contributed by atoms with Gasteiger partial charge >= 0.3 is 6.18 Å². The molecule has 0 bridgehead atoms. The van der Waals surface area contributed by atoms with Crippen molar-refractivity contribution in [3.63, 3.8) is 0 Å². The fraction of sp³-hybridized carbons (Fsp3) is 0.286. The Morgan fingerprint density at radius 3 is 2.70 bits per heavy atom. The molecule has 9 heteroatoms. The van der Waals surface area contributed by atoms with Gasteiger partial charge < -0.3 is 14.4 Å². The highest BCUT2D eigenvalue weighted by Gasteiger charge is 2.31. The summed E-state index contributed by atoms with van der Waals surface area (Å²) in [6.07, 6.45) is 0.537. The molecule has 0 unspecified atom stereocenters. The van der Waals surface area contributed by atoms with E-state index in [1.165, 1.54) is 0 Å². The fourth-order valence-corrected chi connectivity index (χ4v) is 3.08. The average molecular weight is 417 g/mol. The van der Waals surface area contributed by atoms with Gasteiger partial charge in [0, 0.05) is 18.8 Å². The molecule has 3 heterocycles. The van der Waals surface area contributed by atoms with E-state index < -0.39 is 11.7 Å². The summed E-state index contributed by atoms with van der Waals surface area (Å²) in [5.74, 6) is 1.86. The van der Waals surface area contributed by atoms with Gasteiger partial charge in [-0.3, -0.25) is 0 Å². The Bertz CT molecular complexity index is 1120. The smallest absolute Gasteiger partial charge is 0.362 e. The molecule has 3 aromatic rings. The van der Waals surface area contributed by atoms with Crippen LogP contribution in [0.1, 0.15) is 24.2 Å². The average Bonchev–Trinajstić information content (AvgIpc) is 3.24. The summed E-state index contributed by atoms with van der Waals surface area (Å²) in [6, 6.07) is 3.63. The minimum Gasteiger partial charge on any atom is -0.362 e. The molecule has 0 amide bonds. The first kappa shape index (κ1) is 21.4. The third kappa shape index (κ3) is 4.97. The van der Waals surface area contributed by atoms with Crippen molar-refractivity contribution in [3.8, 4) is 0 Å². The zero-order valence-electron chi connectivity index (χ0n) is 16.9. The van der Waals surface area contributed by atoms with Crippen molar-refractivity contribution < 1.29 is 17.7 Å². The van der Waals surface area contributed by atoms with Gasteiger partial charge in [0.25, 0.3) is 0 Å². The molecule has 0 fully saturated rings. The van der Waals surface area contributed by atoms with Crippen LogP contribution in [-0.2, 0) is 13.1 Å². The number of aromatic nitrogens is 4. The van der Waals surface area contributed by atoms with Crippen LogP contribution in [0.5, 0.6) is 0 Å². The number of anilines is 1. The predicted molar refractivity (Wildman–Crippen MR) is 109 cm³/mol. The Morgan fingerprint density at radius 1 is 1.30 bits per heavy atom. The number of hydrogen-bond donors (Lipinski definition) is 1. The molecule has 1 N–H and O–H groups in total. The van der Waals surface area contributed by atoms with E-state index in [0.717, 1.165) is 23.9 Å². The molecule has 0 saturated carbocycles. The van der Waals surface area contributed by atoms with E-state index in [2.05, 4.69) is 27.0 Å². The summed E-state index contributed by atoms with van der Waals surface area (Å²) in [7, 11) is 0. The summed E-state index contributed by atoms with van der Waals surface area (Å²) in [5.41, 5.74) is 1.90. The lowest BCUT2D eigenvalue weighted by Gasteiger charge is -2.12. The Balaban J connectivity index is 1.92. The molecule has 0 aliphatic carbocycles. The number of nitrogens with one attached hydrogen (secondary N) is 1. The van der Waals surface area contributed by atoms with E-state index in [4.69, 9.17) is 4.52 Å². The van der Waals surface area contributed by atoms with E-state index in [1.807, 2.05) is 16.7 Å². The minimum absolute atomic E-state index is 0.248. The molecule has 0 aliphatic heterocycles. The van der Waals surface area contributed by atoms with Gasteiger partial charge in [0.2, 0.25) is 0 Å². The summed E-state index contributed by atoms with van der Waals surface area (Å²) in [6.45, 7) is 9.23. The minimum atomic E-state index is -4.45. The first-order valence-corrected chi connectivity index (χ1v) is 9.24. The lowest BCUT2D eigenvalue weighted by Crippen LogP contribution is -2.11. The monoisotopic (exact) mass is 417 g/mol. The molecule has 0 spiro atoms. The highest BCUT2D eigenvalue weighted by Crippen LogP contribution is 2.29. The third-order valence-electron chi connectivity index (χ3n) is 4.28. The van der Waals surface area contributed by atoms with Gasteiger partial charge in [-0.15, -0.1) is 0 Å². The quantitative estimate of drug-likeness (QED) is 0.531. The molecule has 3 rings (SSSR count). The SMILES string of the molecule is C=C/C=C(\C=C(/C)Cn1ccc2nc(C)nc(NCc3cc(C)on3)c21)C(F)(F)F. The van der Waals surface area contributed by atoms with E-state index >= 15 is 0 Å². The van der Waals surface area contributed by atoms with Crippen LogP contribution in [0.4, 0.5) is 19.0 Å². The molecule has 30 heavy (non-hydrogen) atoms. The molecule has 0 saturated heterocycles. The Kier molecular flexibility index (Phi) is 6.09. The topological polar surface area (TPSA) is 68.8 Å². The molecule has 0 aliphatic rings. The summed E-state index contributed by atoms with van der Waals surface area (Å²) in [4.78, 5) is 8.89. The Labute approximate surface area is 171 Å². The van der Waals surface area contributed by atoms with Crippen molar-refractivity contribution in [2.24, 2.45) is 0 Å².